The van der Waals surface area contributed by atoms with Gasteiger partial charge >= 0.3 is 0 Å². The van der Waals surface area contributed by atoms with Crippen molar-refractivity contribution in [2.24, 2.45) is 0 Å². The maximum Gasteiger partial charge on any atom is 0.236 e. The number of aromatic nitrogens is 6. The fourth-order valence-electron chi connectivity index (χ4n) is 3.18. The van der Waals surface area contributed by atoms with Crippen LogP contribution in [0.5, 0.6) is 0 Å². The summed E-state index contributed by atoms with van der Waals surface area (Å²) >= 11 is 9.75. The molecule has 0 aliphatic carbocycles. The molecule has 10 nitrogen and oxygen atoms in total. The first-order chi connectivity index (χ1) is 20.9. The number of thioether (sulfide) groups is 4. The Labute approximate surface area is 277 Å². The molecule has 0 unspecified atom stereocenters. The molecule has 0 spiro atoms. The Bertz CT molecular complexity index is 1530. The lowest BCUT2D eigenvalue weighted by Gasteiger charge is -1.99. The molecule has 2 N–H and O–H groups in total. The molecule has 5 rings (SSSR count). The lowest BCUT2D eigenvalue weighted by Crippen LogP contribution is -2.13. The fraction of sp³-hybridized carbons (Fsp3) is 0.231. The molecule has 43 heavy (non-hydrogen) atoms. The van der Waals surface area contributed by atoms with Crippen LogP contribution >= 0.6 is 81.1 Å². The molecule has 0 saturated heterocycles. The lowest BCUT2D eigenvalue weighted by atomic mass is 10.2. The number of anilines is 2. The van der Waals surface area contributed by atoms with Crippen LogP contribution in [-0.2, 0) is 21.1 Å². The molecule has 222 valence electrons. The molecule has 5 aromatic rings. The van der Waals surface area contributed by atoms with E-state index in [0.29, 0.717) is 18.9 Å². The monoisotopic (exact) mass is 704 g/mol. The van der Waals surface area contributed by atoms with Crippen LogP contribution in [-0.4, -0.2) is 53.9 Å². The van der Waals surface area contributed by atoms with Crippen LogP contribution in [0, 0.1) is 13.8 Å². The Morgan fingerprint density at radius 1 is 0.558 bits per heavy atom. The number of rotatable bonds is 14. The second kappa shape index (κ2) is 16.0. The topological polar surface area (TPSA) is 136 Å². The van der Waals surface area contributed by atoms with Gasteiger partial charge in [0.2, 0.25) is 22.1 Å². The predicted octanol–water partition coefficient (Wildman–Crippen LogP) is 6.90. The van der Waals surface area contributed by atoms with Crippen molar-refractivity contribution in [3.8, 4) is 0 Å². The van der Waals surface area contributed by atoms with Gasteiger partial charge in [0, 0.05) is 11.5 Å². The van der Waals surface area contributed by atoms with E-state index in [4.69, 9.17) is 0 Å². The van der Waals surface area contributed by atoms with E-state index in [1.54, 1.807) is 23.5 Å². The average molecular weight is 705 g/mol. The Morgan fingerprint density at radius 2 is 0.930 bits per heavy atom. The molecular formula is C26H24N8O2S7. The average Bonchev–Trinajstić information content (AvgIpc) is 3.76. The summed E-state index contributed by atoms with van der Waals surface area (Å²) in [6.07, 6.45) is 0. The Balaban J connectivity index is 0.984. The number of carbonyl (C=O) groups is 2. The van der Waals surface area contributed by atoms with Gasteiger partial charge in [0.05, 0.1) is 11.5 Å². The summed E-state index contributed by atoms with van der Waals surface area (Å²) in [4.78, 5) is 24.8. The number of hydrogen-bond acceptors (Lipinski definition) is 15. The van der Waals surface area contributed by atoms with Gasteiger partial charge in [-0.15, -0.1) is 30.6 Å². The zero-order valence-electron chi connectivity index (χ0n) is 22.8. The van der Waals surface area contributed by atoms with Crippen molar-refractivity contribution in [2.45, 2.75) is 42.7 Å². The van der Waals surface area contributed by atoms with Gasteiger partial charge in [-0.1, -0.05) is 141 Å². The highest BCUT2D eigenvalue weighted by Gasteiger charge is 2.14. The summed E-state index contributed by atoms with van der Waals surface area (Å²) < 4.78 is 2.87. The molecule has 3 aromatic heterocycles. The zero-order chi connectivity index (χ0) is 30.0. The number of nitrogens with one attached hydrogen (secondary N) is 2. The summed E-state index contributed by atoms with van der Waals surface area (Å²) in [7, 11) is 0. The molecule has 0 aliphatic heterocycles. The molecule has 2 aromatic carbocycles. The number of aryl methyl sites for hydroxylation is 2. The first-order valence-electron chi connectivity index (χ1n) is 12.6. The van der Waals surface area contributed by atoms with E-state index in [2.05, 4.69) is 104 Å². The van der Waals surface area contributed by atoms with E-state index in [1.807, 2.05) is 0 Å². The highest BCUT2D eigenvalue weighted by atomic mass is 32.2. The minimum absolute atomic E-state index is 0.159. The molecule has 0 radical (unpaired) electrons. The summed E-state index contributed by atoms with van der Waals surface area (Å²) in [5, 5.41) is 31.2. The van der Waals surface area contributed by atoms with Crippen LogP contribution in [0.2, 0.25) is 0 Å². The molecule has 0 fully saturated rings. The smallest absolute Gasteiger partial charge is 0.236 e. The van der Waals surface area contributed by atoms with Crippen LogP contribution < -0.4 is 10.6 Å². The molecule has 0 bridgehead atoms. The molecule has 0 aliphatic rings. The van der Waals surface area contributed by atoms with E-state index in [1.165, 1.54) is 79.8 Å². The van der Waals surface area contributed by atoms with Gasteiger partial charge in [-0.25, -0.2) is 0 Å². The van der Waals surface area contributed by atoms with Gasteiger partial charge < -0.3 is 0 Å². The maximum atomic E-state index is 12.4. The van der Waals surface area contributed by atoms with Crippen LogP contribution in [0.25, 0.3) is 0 Å². The molecule has 2 amide bonds. The van der Waals surface area contributed by atoms with Crippen molar-refractivity contribution >= 4 is 103 Å². The SMILES string of the molecule is Cc1ccc(CSc2nnc(NC(=O)CSc3nnc(SCC(=O)Nc4nnc(SCc5ccc(C)cc5)s4)s3)s2)cc1. The minimum Gasteiger partial charge on any atom is -0.300 e. The Kier molecular flexibility index (Phi) is 11.8. The Morgan fingerprint density at radius 3 is 1.35 bits per heavy atom. The Hall–Kier alpha value is -2.54. The molecule has 17 heteroatoms. The highest BCUT2D eigenvalue weighted by Crippen LogP contribution is 2.31. The number of carbonyl (C=O) groups excluding carboxylic acids is 2. The third kappa shape index (κ3) is 10.5. The van der Waals surface area contributed by atoms with Crippen molar-refractivity contribution < 1.29 is 9.59 Å². The quantitative estimate of drug-likeness (QED) is 0.0919. The van der Waals surface area contributed by atoms with Gasteiger partial charge in [-0.2, -0.15) is 0 Å². The predicted molar refractivity (Wildman–Crippen MR) is 180 cm³/mol. The van der Waals surface area contributed by atoms with Crippen LogP contribution in [0.3, 0.4) is 0 Å². The summed E-state index contributed by atoms with van der Waals surface area (Å²) in [6.45, 7) is 4.12. The number of benzene rings is 2. The first-order valence-corrected chi connectivity index (χ1v) is 19.0. The standard InChI is InChI=1S/C26H24N8O2S7/c1-15-3-7-17(8-4-15)11-37-23-31-29-21(41-23)27-19(35)13-39-25-33-34-26(43-25)40-14-20(36)28-22-30-32-24(42-22)38-12-18-9-5-16(2)6-10-18/h3-10H,11-14H2,1-2H3,(H,27,29,35)(H,28,30,36). The molecular weight excluding hydrogens is 681 g/mol. The summed E-state index contributed by atoms with van der Waals surface area (Å²) in [6, 6.07) is 16.7. The fourth-order valence-corrected chi connectivity index (χ4v) is 9.24. The van der Waals surface area contributed by atoms with E-state index in [9.17, 15) is 9.59 Å². The number of nitrogens with zero attached hydrogens (tertiary/aromatic N) is 6. The molecule has 0 saturated carbocycles. The lowest BCUT2D eigenvalue weighted by molar-refractivity contribution is -0.114. The van der Waals surface area contributed by atoms with Crippen LogP contribution in [0.4, 0.5) is 10.3 Å². The largest absolute Gasteiger partial charge is 0.300 e. The minimum atomic E-state index is -0.200. The first kappa shape index (κ1) is 31.9. The van der Waals surface area contributed by atoms with Gasteiger partial charge in [0.15, 0.2) is 17.4 Å². The van der Waals surface area contributed by atoms with E-state index >= 15 is 0 Å². The van der Waals surface area contributed by atoms with E-state index < -0.39 is 0 Å². The third-order valence-electron chi connectivity index (χ3n) is 5.31. The van der Waals surface area contributed by atoms with Crippen LogP contribution in [0.1, 0.15) is 22.3 Å². The van der Waals surface area contributed by atoms with Crippen molar-refractivity contribution in [1.82, 2.24) is 30.6 Å². The maximum absolute atomic E-state index is 12.4. The molecule has 3 heterocycles. The molecule has 0 atom stereocenters. The van der Waals surface area contributed by atoms with Gasteiger partial charge in [-0.05, 0) is 25.0 Å². The second-order valence-electron chi connectivity index (χ2n) is 8.80. The van der Waals surface area contributed by atoms with Crippen molar-refractivity contribution in [2.75, 3.05) is 22.1 Å². The van der Waals surface area contributed by atoms with Gasteiger partial charge in [-0.3, -0.25) is 20.2 Å². The summed E-state index contributed by atoms with van der Waals surface area (Å²) in [5.41, 5.74) is 4.86. The summed E-state index contributed by atoms with van der Waals surface area (Å²) in [5.74, 6) is 1.49. The number of hydrogen-bond donors (Lipinski definition) is 2. The van der Waals surface area contributed by atoms with Crippen molar-refractivity contribution in [1.29, 1.82) is 0 Å². The number of amides is 2. The second-order valence-corrected chi connectivity index (χ2v) is 16.6. The van der Waals surface area contributed by atoms with E-state index in [0.717, 1.165) is 20.2 Å². The van der Waals surface area contributed by atoms with Crippen molar-refractivity contribution in [3.05, 3.63) is 70.8 Å². The normalized spacial score (nSPS) is 11.0. The zero-order valence-corrected chi connectivity index (χ0v) is 28.5. The van der Waals surface area contributed by atoms with Crippen LogP contribution in [0.15, 0.2) is 65.9 Å². The van der Waals surface area contributed by atoms with E-state index in [-0.39, 0.29) is 23.3 Å². The van der Waals surface area contributed by atoms with Crippen molar-refractivity contribution in [3.63, 3.8) is 0 Å². The highest BCUT2D eigenvalue weighted by molar-refractivity contribution is 8.04. The van der Waals surface area contributed by atoms with Gasteiger partial charge in [0.25, 0.3) is 0 Å². The third-order valence-corrected chi connectivity index (χ3v) is 12.6. The van der Waals surface area contributed by atoms with Gasteiger partial charge in [0.1, 0.15) is 0 Å².